The lowest BCUT2D eigenvalue weighted by atomic mass is 9.95. The molecule has 9 nitrogen and oxygen atoms in total. The summed E-state index contributed by atoms with van der Waals surface area (Å²) in [6.07, 6.45) is 6.01. The molecule has 4 atom stereocenters. The van der Waals surface area contributed by atoms with Crippen LogP contribution < -0.4 is 5.32 Å². The number of amides is 3. The zero-order valence-electron chi connectivity index (χ0n) is 27.5. The van der Waals surface area contributed by atoms with Crippen LogP contribution in [0.2, 0.25) is 0 Å². The van der Waals surface area contributed by atoms with E-state index in [1.165, 1.54) is 0 Å². The zero-order chi connectivity index (χ0) is 31.2. The molecule has 234 valence electrons. The van der Waals surface area contributed by atoms with Gasteiger partial charge in [-0.2, -0.15) is 0 Å². The fourth-order valence-electron chi connectivity index (χ4n) is 5.91. The van der Waals surface area contributed by atoms with Crippen LogP contribution in [0.5, 0.6) is 0 Å². The highest BCUT2D eigenvalue weighted by atomic mass is 16.6. The number of carbonyl (C=O) groups excluding carboxylic acids is 4. The van der Waals surface area contributed by atoms with Gasteiger partial charge in [0.25, 0.3) is 0 Å². The lowest BCUT2D eigenvalue weighted by Crippen LogP contribution is -2.58. The maximum absolute atomic E-state index is 13.9. The number of hydrogen-bond acceptors (Lipinski definition) is 6. The maximum atomic E-state index is 13.9. The van der Waals surface area contributed by atoms with E-state index < -0.39 is 17.7 Å². The highest BCUT2D eigenvalue weighted by molar-refractivity contribution is 5.96. The average Bonchev–Trinajstić information content (AvgIpc) is 3.37. The summed E-state index contributed by atoms with van der Waals surface area (Å²) in [5, 5.41) is 3.08. The van der Waals surface area contributed by atoms with Crippen molar-refractivity contribution in [3.63, 3.8) is 0 Å². The van der Waals surface area contributed by atoms with E-state index in [4.69, 9.17) is 4.74 Å². The molecule has 0 aromatic rings. The van der Waals surface area contributed by atoms with Crippen molar-refractivity contribution in [1.82, 2.24) is 20.0 Å². The third kappa shape index (κ3) is 9.29. The van der Waals surface area contributed by atoms with Crippen LogP contribution in [0.25, 0.3) is 0 Å². The van der Waals surface area contributed by atoms with Crippen LogP contribution in [0.4, 0.5) is 0 Å². The molecule has 2 aliphatic heterocycles. The molecule has 3 amide bonds. The van der Waals surface area contributed by atoms with Gasteiger partial charge in [0.15, 0.2) is 0 Å². The molecule has 2 aliphatic rings. The van der Waals surface area contributed by atoms with Crippen molar-refractivity contribution in [3.8, 4) is 0 Å². The molecule has 0 aromatic carbocycles. The van der Waals surface area contributed by atoms with Crippen LogP contribution in [0.15, 0.2) is 11.6 Å². The number of esters is 1. The van der Waals surface area contributed by atoms with Gasteiger partial charge in [0, 0.05) is 25.2 Å². The van der Waals surface area contributed by atoms with Crippen molar-refractivity contribution in [3.05, 3.63) is 11.6 Å². The lowest BCUT2D eigenvalue weighted by molar-refractivity contribution is -0.162. The van der Waals surface area contributed by atoms with Gasteiger partial charge in [-0.05, 0) is 85.6 Å². The minimum atomic E-state index is -0.677. The minimum Gasteiger partial charge on any atom is -0.458 e. The molecule has 0 spiro atoms. The first-order chi connectivity index (χ1) is 19.0. The Bertz CT molecular complexity index is 968. The second-order valence-electron chi connectivity index (χ2n) is 13.8. The maximum Gasteiger partial charge on any atom is 0.329 e. The van der Waals surface area contributed by atoms with Gasteiger partial charge >= 0.3 is 5.97 Å². The summed E-state index contributed by atoms with van der Waals surface area (Å²) in [6, 6.07) is -1.63. The highest BCUT2D eigenvalue weighted by Crippen LogP contribution is 2.25. The van der Waals surface area contributed by atoms with Gasteiger partial charge in [0.05, 0.1) is 12.1 Å². The van der Waals surface area contributed by atoms with E-state index in [0.29, 0.717) is 18.5 Å². The summed E-state index contributed by atoms with van der Waals surface area (Å²) in [5.41, 5.74) is -0.143. The molecule has 0 aliphatic carbocycles. The number of likely N-dealkylation sites (tertiary alicyclic amines) is 2. The van der Waals surface area contributed by atoms with E-state index >= 15 is 0 Å². The zero-order valence-corrected chi connectivity index (χ0v) is 27.5. The fraction of sp³-hybridized carbons (Fsp3) is 0.812. The van der Waals surface area contributed by atoms with Gasteiger partial charge < -0.3 is 19.9 Å². The molecule has 2 heterocycles. The van der Waals surface area contributed by atoms with Crippen LogP contribution in [0.1, 0.15) is 101 Å². The fourth-order valence-corrected chi connectivity index (χ4v) is 5.91. The van der Waals surface area contributed by atoms with Gasteiger partial charge in [-0.25, -0.2) is 4.79 Å². The quantitative estimate of drug-likeness (QED) is 0.310. The van der Waals surface area contributed by atoms with E-state index in [1.54, 1.807) is 23.8 Å². The van der Waals surface area contributed by atoms with E-state index in [0.717, 1.165) is 32.2 Å². The van der Waals surface area contributed by atoms with E-state index in [2.05, 4.69) is 24.1 Å². The monoisotopic (exact) mass is 576 g/mol. The lowest BCUT2D eigenvalue weighted by Gasteiger charge is -2.39. The van der Waals surface area contributed by atoms with Gasteiger partial charge in [-0.3, -0.25) is 19.3 Å². The Morgan fingerprint density at radius 3 is 2.05 bits per heavy atom. The Hall–Kier alpha value is -2.42. The third-order valence-corrected chi connectivity index (χ3v) is 8.17. The van der Waals surface area contributed by atoms with Crippen molar-refractivity contribution in [2.24, 2.45) is 11.8 Å². The van der Waals surface area contributed by atoms with Gasteiger partial charge in [0.2, 0.25) is 17.7 Å². The number of nitrogens with one attached hydrogen (secondary N) is 1. The number of likely N-dealkylation sites (N-methyl/N-ethyl adjacent to an activating group) is 1. The van der Waals surface area contributed by atoms with Crippen molar-refractivity contribution >= 4 is 23.7 Å². The first kappa shape index (κ1) is 34.8. The van der Waals surface area contributed by atoms with Crippen LogP contribution in [-0.2, 0) is 23.9 Å². The summed E-state index contributed by atoms with van der Waals surface area (Å²) >= 11 is 0. The van der Waals surface area contributed by atoms with Crippen LogP contribution in [0.3, 0.4) is 0 Å². The van der Waals surface area contributed by atoms with Crippen molar-refractivity contribution in [1.29, 1.82) is 0 Å². The first-order valence-corrected chi connectivity index (χ1v) is 15.5. The highest BCUT2D eigenvalue weighted by Gasteiger charge is 2.39. The van der Waals surface area contributed by atoms with Crippen molar-refractivity contribution in [2.75, 3.05) is 20.1 Å². The summed E-state index contributed by atoms with van der Waals surface area (Å²) in [6.45, 7) is 20.7. The van der Waals surface area contributed by atoms with Crippen LogP contribution >= 0.6 is 0 Å². The Labute approximate surface area is 248 Å². The van der Waals surface area contributed by atoms with E-state index in [9.17, 15) is 19.2 Å². The summed E-state index contributed by atoms with van der Waals surface area (Å²) in [7, 11) is 1.74. The molecule has 0 bridgehead atoms. The molecule has 1 N–H and O–H groups in total. The largest absolute Gasteiger partial charge is 0.458 e. The second-order valence-corrected chi connectivity index (χ2v) is 13.8. The molecule has 0 saturated carbocycles. The van der Waals surface area contributed by atoms with Crippen LogP contribution in [0, 0.1) is 11.8 Å². The molecular weight excluding hydrogens is 520 g/mol. The predicted octanol–water partition coefficient (Wildman–Crippen LogP) is 4.15. The number of piperidine rings is 1. The van der Waals surface area contributed by atoms with Crippen LogP contribution in [-0.4, -0.2) is 94.3 Å². The summed E-state index contributed by atoms with van der Waals surface area (Å²) in [5.74, 6) is -0.959. The Balaban J connectivity index is 2.22. The average molecular weight is 577 g/mol. The number of ether oxygens (including phenoxy) is 1. The predicted molar refractivity (Wildman–Crippen MR) is 162 cm³/mol. The number of rotatable bonds is 10. The van der Waals surface area contributed by atoms with Crippen molar-refractivity contribution < 1.29 is 23.9 Å². The van der Waals surface area contributed by atoms with Gasteiger partial charge in [-0.1, -0.05) is 40.2 Å². The molecule has 9 heteroatoms. The standard InChI is InChI=1S/C32H56N4O5/c1-20(2)26(19-23(7)29(38)36-18-14-16-25(36)31(40)41-32(8,9)10)34(11)30(39)27(21(3)4)33-28(37)24-15-12-13-17-35(24)22(5)6/h19-22,24-27H,12-18H2,1-11H3,(H,33,37)/b23-19+/t24?,25?,26-,27+/m1/s1. The molecule has 2 unspecified atom stereocenters. The minimum absolute atomic E-state index is 0.0187. The number of nitrogens with zero attached hydrogens (tertiary/aromatic N) is 3. The second kappa shape index (κ2) is 14.7. The Morgan fingerprint density at radius 2 is 1.51 bits per heavy atom. The topological polar surface area (TPSA) is 99.3 Å². The first-order valence-electron chi connectivity index (χ1n) is 15.5. The molecule has 2 saturated heterocycles. The third-order valence-electron chi connectivity index (χ3n) is 8.17. The van der Waals surface area contributed by atoms with Gasteiger partial charge in [-0.15, -0.1) is 0 Å². The number of carbonyl (C=O) groups is 4. The molecule has 41 heavy (non-hydrogen) atoms. The molecule has 0 radical (unpaired) electrons. The molecule has 2 rings (SSSR count). The SMILES string of the molecule is C/C(=C\[C@H](C(C)C)N(C)C(=O)[C@@H](NC(=O)C1CCCCN1C(C)C)C(C)C)C(=O)N1CCCC1C(=O)OC(C)(C)C. The normalized spacial score (nSPS) is 22.2. The summed E-state index contributed by atoms with van der Waals surface area (Å²) < 4.78 is 5.57. The van der Waals surface area contributed by atoms with Crippen molar-refractivity contribution in [2.45, 2.75) is 137 Å². The summed E-state index contributed by atoms with van der Waals surface area (Å²) in [4.78, 5) is 59.1. The van der Waals surface area contributed by atoms with E-state index in [1.807, 2.05) is 54.5 Å². The molecule has 2 fully saturated rings. The molecule has 0 aromatic heterocycles. The van der Waals surface area contributed by atoms with Gasteiger partial charge in [0.1, 0.15) is 17.7 Å². The Morgan fingerprint density at radius 1 is 0.902 bits per heavy atom. The number of hydrogen-bond donors (Lipinski definition) is 1. The Kier molecular flexibility index (Phi) is 12.4. The molecular formula is C32H56N4O5. The van der Waals surface area contributed by atoms with E-state index in [-0.39, 0.29) is 53.7 Å². The smallest absolute Gasteiger partial charge is 0.329 e.